The molecule has 1 heterocycles. The fourth-order valence-corrected chi connectivity index (χ4v) is 2.43. The maximum Gasteiger partial charge on any atom is 0.191 e. The monoisotopic (exact) mass is 455 g/mol. The molecule has 6 heteroatoms. The van der Waals surface area contributed by atoms with E-state index >= 15 is 0 Å². The molecule has 1 aromatic heterocycles. The third kappa shape index (κ3) is 7.05. The van der Waals surface area contributed by atoms with Crippen LogP contribution in [0.25, 0.3) is 0 Å². The van der Waals surface area contributed by atoms with Crippen LogP contribution in [-0.2, 0) is 13.1 Å². The van der Waals surface area contributed by atoms with Crippen molar-refractivity contribution < 1.29 is 0 Å². The first-order chi connectivity index (χ1) is 11.6. The van der Waals surface area contributed by atoms with Crippen molar-refractivity contribution >= 4 is 29.9 Å². The smallest absolute Gasteiger partial charge is 0.191 e. The quantitative estimate of drug-likeness (QED) is 0.256. The van der Waals surface area contributed by atoms with Gasteiger partial charge in [0.1, 0.15) is 0 Å². The third-order valence-electron chi connectivity index (χ3n) is 4.08. The van der Waals surface area contributed by atoms with Crippen LogP contribution < -0.4 is 10.6 Å². The molecule has 1 aromatic carbocycles. The van der Waals surface area contributed by atoms with Crippen LogP contribution in [0.15, 0.2) is 29.3 Å². The summed E-state index contributed by atoms with van der Waals surface area (Å²) in [5.41, 5.74) is 5.83. The highest BCUT2D eigenvalue weighted by atomic mass is 127. The molecule has 0 amide bonds. The summed E-state index contributed by atoms with van der Waals surface area (Å²) in [6.07, 6.45) is 2.30. The summed E-state index contributed by atoms with van der Waals surface area (Å²) in [4.78, 5) is 4.72. The number of hydrogen-bond donors (Lipinski definition) is 3. The second kappa shape index (κ2) is 11.1. The molecule has 0 saturated heterocycles. The molecule has 0 radical (unpaired) electrons. The van der Waals surface area contributed by atoms with Crippen LogP contribution in [-0.4, -0.2) is 22.7 Å². The summed E-state index contributed by atoms with van der Waals surface area (Å²) < 4.78 is 0. The van der Waals surface area contributed by atoms with Crippen molar-refractivity contribution in [2.24, 2.45) is 4.99 Å². The fraction of sp³-hybridized carbons (Fsp3) is 0.474. The summed E-state index contributed by atoms with van der Waals surface area (Å²) in [6, 6.07) is 8.51. The lowest BCUT2D eigenvalue weighted by Gasteiger charge is -2.13. The molecule has 2 rings (SSSR count). The number of guanidine groups is 1. The van der Waals surface area contributed by atoms with Gasteiger partial charge in [0.15, 0.2) is 5.96 Å². The Hall–Kier alpha value is -1.57. The first kappa shape index (κ1) is 21.5. The van der Waals surface area contributed by atoms with E-state index in [2.05, 4.69) is 58.9 Å². The molecule has 0 saturated carbocycles. The number of unbranched alkanes of at least 4 members (excludes halogenated alkanes) is 1. The maximum absolute atomic E-state index is 4.72. The lowest BCUT2D eigenvalue weighted by Crippen LogP contribution is -2.37. The summed E-state index contributed by atoms with van der Waals surface area (Å²) in [5.74, 6) is 0.851. The van der Waals surface area contributed by atoms with Gasteiger partial charge in [0.2, 0.25) is 0 Å². The van der Waals surface area contributed by atoms with Crippen molar-refractivity contribution in [2.45, 2.75) is 53.6 Å². The second-order valence-electron chi connectivity index (χ2n) is 6.20. The molecule has 0 aliphatic heterocycles. The number of aliphatic imine (C=N–C) groups is 1. The van der Waals surface area contributed by atoms with E-state index in [0.29, 0.717) is 6.54 Å². The lowest BCUT2D eigenvalue weighted by molar-refractivity contribution is 0.723. The molecule has 5 nitrogen and oxygen atoms in total. The normalized spacial score (nSPS) is 11.1. The van der Waals surface area contributed by atoms with E-state index in [4.69, 9.17) is 4.99 Å². The molecule has 0 aliphatic rings. The zero-order valence-corrected chi connectivity index (χ0v) is 18.0. The fourth-order valence-electron chi connectivity index (χ4n) is 2.43. The van der Waals surface area contributed by atoms with E-state index in [1.807, 2.05) is 13.8 Å². The molecule has 0 aliphatic carbocycles. The number of aromatic nitrogens is 2. The number of aromatic amines is 1. The molecular weight excluding hydrogens is 425 g/mol. The van der Waals surface area contributed by atoms with Gasteiger partial charge in [0.25, 0.3) is 0 Å². The van der Waals surface area contributed by atoms with Gasteiger partial charge in [-0.1, -0.05) is 43.2 Å². The predicted molar refractivity (Wildman–Crippen MR) is 116 cm³/mol. The third-order valence-corrected chi connectivity index (χ3v) is 4.08. The van der Waals surface area contributed by atoms with Crippen molar-refractivity contribution in [3.05, 3.63) is 52.3 Å². The number of hydrogen-bond acceptors (Lipinski definition) is 2. The Balaban J connectivity index is 0.00000312. The summed E-state index contributed by atoms with van der Waals surface area (Å²) in [7, 11) is 0. The van der Waals surface area contributed by atoms with E-state index in [-0.39, 0.29) is 24.0 Å². The van der Waals surface area contributed by atoms with Crippen molar-refractivity contribution in [1.82, 2.24) is 20.8 Å². The van der Waals surface area contributed by atoms with Gasteiger partial charge in [-0.05, 0) is 32.8 Å². The zero-order valence-electron chi connectivity index (χ0n) is 15.6. The van der Waals surface area contributed by atoms with Crippen molar-refractivity contribution in [2.75, 3.05) is 6.54 Å². The molecule has 0 spiro atoms. The number of nitrogens with one attached hydrogen (secondary N) is 3. The van der Waals surface area contributed by atoms with Gasteiger partial charge in [0, 0.05) is 24.3 Å². The second-order valence-corrected chi connectivity index (χ2v) is 6.20. The first-order valence-electron chi connectivity index (χ1n) is 8.68. The van der Waals surface area contributed by atoms with E-state index < -0.39 is 0 Å². The number of nitrogens with zero attached hydrogens (tertiary/aromatic N) is 2. The molecule has 0 bridgehead atoms. The van der Waals surface area contributed by atoms with Crippen LogP contribution in [0.2, 0.25) is 0 Å². The summed E-state index contributed by atoms with van der Waals surface area (Å²) in [5, 5.41) is 14.1. The number of H-pyrrole nitrogens is 1. The average Bonchev–Trinajstić information content (AvgIpc) is 2.90. The highest BCUT2D eigenvalue weighted by Crippen LogP contribution is 2.08. The molecule has 3 N–H and O–H groups in total. The Morgan fingerprint density at radius 1 is 1.12 bits per heavy atom. The van der Waals surface area contributed by atoms with E-state index in [1.165, 1.54) is 16.7 Å². The standard InChI is InChI=1S/C19H29N5.HI/c1-5-6-11-20-19(21-12-17-9-7-14(2)8-10-17)22-13-18-15(3)23-24-16(18)4;/h7-10H,5-6,11-13H2,1-4H3,(H,23,24)(H2,20,21,22);1H. The zero-order chi connectivity index (χ0) is 17.4. The predicted octanol–water partition coefficient (Wildman–Crippen LogP) is 3.99. The number of halogens is 1. The first-order valence-corrected chi connectivity index (χ1v) is 8.68. The molecular formula is C19H30IN5. The Labute approximate surface area is 168 Å². The number of aryl methyl sites for hydroxylation is 3. The van der Waals surface area contributed by atoms with Crippen LogP contribution in [0, 0.1) is 20.8 Å². The molecule has 138 valence electrons. The summed E-state index contributed by atoms with van der Waals surface area (Å²) >= 11 is 0. The van der Waals surface area contributed by atoms with Crippen LogP contribution >= 0.6 is 24.0 Å². The van der Waals surface area contributed by atoms with Gasteiger partial charge < -0.3 is 10.6 Å². The maximum atomic E-state index is 4.72. The van der Waals surface area contributed by atoms with Crippen LogP contribution in [0.5, 0.6) is 0 Å². The van der Waals surface area contributed by atoms with Gasteiger partial charge in [-0.15, -0.1) is 24.0 Å². The Kier molecular flexibility index (Phi) is 9.55. The Bertz CT molecular complexity index is 641. The molecule has 25 heavy (non-hydrogen) atoms. The van der Waals surface area contributed by atoms with Gasteiger partial charge >= 0.3 is 0 Å². The van der Waals surface area contributed by atoms with Gasteiger partial charge in [-0.3, -0.25) is 5.10 Å². The van der Waals surface area contributed by atoms with Crippen molar-refractivity contribution in [3.63, 3.8) is 0 Å². The molecule has 0 fully saturated rings. The Morgan fingerprint density at radius 3 is 2.44 bits per heavy atom. The highest BCUT2D eigenvalue weighted by Gasteiger charge is 2.07. The highest BCUT2D eigenvalue weighted by molar-refractivity contribution is 14.0. The molecule has 0 atom stereocenters. The topological polar surface area (TPSA) is 65.1 Å². The number of benzene rings is 1. The average molecular weight is 455 g/mol. The largest absolute Gasteiger partial charge is 0.356 e. The minimum Gasteiger partial charge on any atom is -0.356 e. The van der Waals surface area contributed by atoms with Gasteiger partial charge in [-0.25, -0.2) is 4.99 Å². The van der Waals surface area contributed by atoms with Crippen LogP contribution in [0.1, 0.15) is 47.8 Å². The van der Waals surface area contributed by atoms with Crippen molar-refractivity contribution in [3.8, 4) is 0 Å². The number of rotatable bonds is 7. The Morgan fingerprint density at radius 2 is 1.84 bits per heavy atom. The SMILES string of the molecule is CCCCNC(=NCc1ccc(C)cc1)NCc1c(C)n[nH]c1C.I. The molecule has 0 unspecified atom stereocenters. The van der Waals surface area contributed by atoms with Gasteiger partial charge in [-0.2, -0.15) is 5.10 Å². The van der Waals surface area contributed by atoms with E-state index in [0.717, 1.165) is 43.3 Å². The minimum atomic E-state index is 0. The molecule has 2 aromatic rings. The lowest BCUT2D eigenvalue weighted by atomic mass is 10.1. The van der Waals surface area contributed by atoms with E-state index in [9.17, 15) is 0 Å². The summed E-state index contributed by atoms with van der Waals surface area (Å²) in [6.45, 7) is 10.7. The minimum absolute atomic E-state index is 0. The van der Waals surface area contributed by atoms with Crippen molar-refractivity contribution in [1.29, 1.82) is 0 Å². The van der Waals surface area contributed by atoms with Crippen LogP contribution in [0.3, 0.4) is 0 Å². The van der Waals surface area contributed by atoms with Gasteiger partial charge in [0.05, 0.1) is 12.2 Å². The van der Waals surface area contributed by atoms with E-state index in [1.54, 1.807) is 0 Å². The van der Waals surface area contributed by atoms with Crippen LogP contribution in [0.4, 0.5) is 0 Å².